The van der Waals surface area contributed by atoms with Gasteiger partial charge in [0.1, 0.15) is 17.5 Å². The van der Waals surface area contributed by atoms with Crippen LogP contribution in [-0.2, 0) is 0 Å². The van der Waals surface area contributed by atoms with E-state index in [0.29, 0.717) is 27.3 Å². The molecule has 14 heavy (non-hydrogen) atoms. The van der Waals surface area contributed by atoms with Crippen molar-refractivity contribution in [3.8, 4) is 6.07 Å². The highest BCUT2D eigenvalue weighted by Gasteiger charge is 2.11. The molecule has 0 fully saturated rings. The van der Waals surface area contributed by atoms with E-state index < -0.39 is 5.82 Å². The van der Waals surface area contributed by atoms with E-state index in [2.05, 4.69) is 22.6 Å². The number of pyridine rings is 1. The van der Waals surface area contributed by atoms with Crippen molar-refractivity contribution in [2.75, 3.05) is 0 Å². The zero-order chi connectivity index (χ0) is 10.3. The molecule has 0 aliphatic rings. The number of aromatic amines is 1. The number of thiol groups is 1. The summed E-state index contributed by atoms with van der Waals surface area (Å²) < 4.78 is 13.2. The Morgan fingerprint density at radius 3 is 3.00 bits per heavy atom. The first-order chi connectivity index (χ1) is 6.63. The fraction of sp³-hybridized carbons (Fsp3) is 0.111. The van der Waals surface area contributed by atoms with Gasteiger partial charge in [-0.25, -0.2) is 9.37 Å². The average Bonchev–Trinajstić information content (AvgIpc) is 2.42. The van der Waals surface area contributed by atoms with Crippen molar-refractivity contribution in [1.29, 1.82) is 5.26 Å². The van der Waals surface area contributed by atoms with Gasteiger partial charge < -0.3 is 4.98 Å². The number of aryl methyl sites for hydroxylation is 1. The zero-order valence-corrected chi connectivity index (χ0v) is 8.19. The Balaban J connectivity index is 2.91. The van der Waals surface area contributed by atoms with Crippen LogP contribution in [0.25, 0.3) is 11.0 Å². The molecule has 2 heterocycles. The second kappa shape index (κ2) is 3.00. The Morgan fingerprint density at radius 1 is 1.64 bits per heavy atom. The number of nitrogens with one attached hydrogen (secondary N) is 1. The van der Waals surface area contributed by atoms with Crippen LogP contribution in [0.15, 0.2) is 11.1 Å². The van der Waals surface area contributed by atoms with Gasteiger partial charge in [-0.15, -0.1) is 12.6 Å². The van der Waals surface area contributed by atoms with Gasteiger partial charge in [0.25, 0.3) is 0 Å². The largest absolute Gasteiger partial charge is 0.333 e. The molecule has 2 aromatic heterocycles. The molecule has 0 amide bonds. The van der Waals surface area contributed by atoms with E-state index in [-0.39, 0.29) is 0 Å². The topological polar surface area (TPSA) is 52.5 Å². The standard InChI is InChI=1S/C9H6FN3S/c1-4-7(10)2-5-6(3-11)9(14)13-8(5)12-4/h2,14H,1H3,(H,12,13). The number of halogens is 1. The third kappa shape index (κ3) is 1.16. The molecule has 0 aliphatic carbocycles. The van der Waals surface area contributed by atoms with Crippen LogP contribution in [0.3, 0.4) is 0 Å². The molecule has 0 aliphatic heterocycles. The molecule has 3 nitrogen and oxygen atoms in total. The molecule has 1 N–H and O–H groups in total. The van der Waals surface area contributed by atoms with Crippen molar-refractivity contribution in [1.82, 2.24) is 9.97 Å². The second-order valence-corrected chi connectivity index (χ2v) is 3.36. The first-order valence-electron chi connectivity index (χ1n) is 3.91. The van der Waals surface area contributed by atoms with Gasteiger partial charge in [0, 0.05) is 5.39 Å². The van der Waals surface area contributed by atoms with Crippen LogP contribution in [-0.4, -0.2) is 9.97 Å². The van der Waals surface area contributed by atoms with E-state index in [0.717, 1.165) is 0 Å². The van der Waals surface area contributed by atoms with Crippen LogP contribution in [0.2, 0.25) is 0 Å². The highest BCUT2D eigenvalue weighted by atomic mass is 32.1. The van der Waals surface area contributed by atoms with Crippen LogP contribution in [0, 0.1) is 24.1 Å². The maximum atomic E-state index is 13.2. The van der Waals surface area contributed by atoms with Crippen LogP contribution in [0.5, 0.6) is 0 Å². The monoisotopic (exact) mass is 207 g/mol. The van der Waals surface area contributed by atoms with Crippen molar-refractivity contribution in [3.05, 3.63) is 23.1 Å². The van der Waals surface area contributed by atoms with E-state index in [1.807, 2.05) is 6.07 Å². The normalized spacial score (nSPS) is 10.4. The minimum Gasteiger partial charge on any atom is -0.333 e. The average molecular weight is 207 g/mol. The summed E-state index contributed by atoms with van der Waals surface area (Å²) in [7, 11) is 0. The van der Waals surface area contributed by atoms with E-state index in [4.69, 9.17) is 5.26 Å². The third-order valence-corrected chi connectivity index (χ3v) is 2.34. The molecule has 0 radical (unpaired) electrons. The van der Waals surface area contributed by atoms with Crippen molar-refractivity contribution >= 4 is 23.7 Å². The van der Waals surface area contributed by atoms with Gasteiger partial charge in [-0.1, -0.05) is 0 Å². The molecule has 2 aromatic rings. The summed E-state index contributed by atoms with van der Waals surface area (Å²) in [5.74, 6) is -0.415. The molecular formula is C9H6FN3S. The predicted octanol–water partition coefficient (Wildman–Crippen LogP) is 2.17. The fourth-order valence-corrected chi connectivity index (χ4v) is 1.56. The number of hydrogen-bond donors (Lipinski definition) is 2. The van der Waals surface area contributed by atoms with E-state index in [9.17, 15) is 4.39 Å². The molecule has 0 saturated heterocycles. The van der Waals surface area contributed by atoms with Crippen LogP contribution < -0.4 is 0 Å². The Labute approximate surface area is 85.0 Å². The third-order valence-electron chi connectivity index (χ3n) is 2.01. The van der Waals surface area contributed by atoms with E-state index >= 15 is 0 Å². The van der Waals surface area contributed by atoms with Crippen molar-refractivity contribution in [2.45, 2.75) is 11.9 Å². The fourth-order valence-electron chi connectivity index (χ4n) is 1.28. The molecular weight excluding hydrogens is 201 g/mol. The van der Waals surface area contributed by atoms with E-state index in [1.165, 1.54) is 6.07 Å². The second-order valence-electron chi connectivity index (χ2n) is 2.91. The summed E-state index contributed by atoms with van der Waals surface area (Å²) >= 11 is 4.06. The number of rotatable bonds is 0. The Bertz CT molecular complexity index is 553. The molecule has 0 aromatic carbocycles. The molecule has 0 atom stereocenters. The minimum atomic E-state index is -0.415. The van der Waals surface area contributed by atoms with Gasteiger partial charge in [0.15, 0.2) is 0 Å². The maximum absolute atomic E-state index is 13.2. The highest BCUT2D eigenvalue weighted by molar-refractivity contribution is 7.80. The van der Waals surface area contributed by atoms with E-state index in [1.54, 1.807) is 6.92 Å². The lowest BCUT2D eigenvalue weighted by molar-refractivity contribution is 0.613. The Hall–Kier alpha value is -1.54. The van der Waals surface area contributed by atoms with Crippen LogP contribution >= 0.6 is 12.6 Å². The predicted molar refractivity (Wildman–Crippen MR) is 52.8 cm³/mol. The van der Waals surface area contributed by atoms with Crippen molar-refractivity contribution < 1.29 is 4.39 Å². The molecule has 70 valence electrons. The number of fused-ring (bicyclic) bond motifs is 1. The van der Waals surface area contributed by atoms with Crippen LogP contribution in [0.4, 0.5) is 4.39 Å². The lowest BCUT2D eigenvalue weighted by atomic mass is 10.2. The number of nitrogens with zero attached hydrogens (tertiary/aromatic N) is 2. The SMILES string of the molecule is Cc1nc2[nH]c(S)c(C#N)c2cc1F. The summed E-state index contributed by atoms with van der Waals surface area (Å²) in [4.78, 5) is 6.78. The first kappa shape index (κ1) is 9.03. The lowest BCUT2D eigenvalue weighted by Crippen LogP contribution is -1.88. The van der Waals surface area contributed by atoms with Crippen molar-refractivity contribution in [2.24, 2.45) is 0 Å². The van der Waals surface area contributed by atoms with Crippen molar-refractivity contribution in [3.63, 3.8) is 0 Å². The molecule has 2 rings (SSSR count). The zero-order valence-electron chi connectivity index (χ0n) is 7.30. The summed E-state index contributed by atoms with van der Waals surface area (Å²) in [6, 6.07) is 3.25. The summed E-state index contributed by atoms with van der Waals surface area (Å²) in [5.41, 5.74) is 1.12. The number of hydrogen-bond acceptors (Lipinski definition) is 3. The van der Waals surface area contributed by atoms with Gasteiger partial charge in [0.05, 0.1) is 16.3 Å². The Kier molecular flexibility index (Phi) is 1.93. The molecule has 5 heteroatoms. The van der Waals surface area contributed by atoms with Gasteiger partial charge in [-0.2, -0.15) is 5.26 Å². The molecule has 0 bridgehead atoms. The molecule has 0 unspecified atom stereocenters. The molecule has 0 spiro atoms. The summed E-state index contributed by atoms with van der Waals surface area (Å²) in [5, 5.41) is 9.69. The van der Waals surface area contributed by atoms with Crippen LogP contribution in [0.1, 0.15) is 11.3 Å². The lowest BCUT2D eigenvalue weighted by Gasteiger charge is -1.94. The number of aromatic nitrogens is 2. The van der Waals surface area contributed by atoms with Gasteiger partial charge in [-0.3, -0.25) is 0 Å². The minimum absolute atomic E-state index is 0.302. The Morgan fingerprint density at radius 2 is 2.36 bits per heavy atom. The van der Waals surface area contributed by atoms with Gasteiger partial charge >= 0.3 is 0 Å². The number of nitriles is 1. The smallest absolute Gasteiger partial charge is 0.145 e. The summed E-state index contributed by atoms with van der Waals surface area (Å²) in [6.07, 6.45) is 0. The van der Waals surface area contributed by atoms with Gasteiger partial charge in [0.2, 0.25) is 0 Å². The quantitative estimate of drug-likeness (QED) is 0.650. The van der Waals surface area contributed by atoms with Gasteiger partial charge in [-0.05, 0) is 13.0 Å². The first-order valence-corrected chi connectivity index (χ1v) is 4.36. The maximum Gasteiger partial charge on any atom is 0.145 e. The summed E-state index contributed by atoms with van der Waals surface area (Å²) in [6.45, 7) is 1.57. The number of H-pyrrole nitrogens is 1. The molecule has 0 saturated carbocycles. The highest BCUT2D eigenvalue weighted by Crippen LogP contribution is 2.24.